The molecular weight excluding hydrogens is 270 g/mol. The van der Waals surface area contributed by atoms with Crippen LogP contribution in [0.2, 0.25) is 0 Å². The number of benzene rings is 1. The summed E-state index contributed by atoms with van der Waals surface area (Å²) in [4.78, 5) is 24.0. The van der Waals surface area contributed by atoms with Gasteiger partial charge < -0.3 is 10.6 Å². The van der Waals surface area contributed by atoms with E-state index in [2.05, 4.69) is 18.7 Å². The smallest absolute Gasteiger partial charge is 0.282 e. The third-order valence-electron chi connectivity index (χ3n) is 4.34. The van der Waals surface area contributed by atoms with E-state index in [4.69, 9.17) is 5.73 Å². The summed E-state index contributed by atoms with van der Waals surface area (Å²) in [6, 6.07) is 4.97. The number of carbonyl (C=O) groups excluding carboxylic acids is 1. The molecule has 2 rings (SSSR count). The van der Waals surface area contributed by atoms with Crippen LogP contribution in [-0.2, 0) is 0 Å². The molecule has 1 aromatic rings. The lowest BCUT2D eigenvalue weighted by Crippen LogP contribution is -2.40. The van der Waals surface area contributed by atoms with Gasteiger partial charge in [-0.1, -0.05) is 13.3 Å². The molecule has 0 spiro atoms. The third kappa shape index (κ3) is 3.15. The Balaban J connectivity index is 2.31. The van der Waals surface area contributed by atoms with Gasteiger partial charge >= 0.3 is 0 Å². The van der Waals surface area contributed by atoms with Crippen LogP contribution in [0.15, 0.2) is 18.2 Å². The summed E-state index contributed by atoms with van der Waals surface area (Å²) in [6.45, 7) is 5.24. The quantitative estimate of drug-likeness (QED) is 0.682. The molecule has 0 aromatic heterocycles. The molecule has 114 valence electrons. The number of primary amides is 1. The minimum Gasteiger partial charge on any atom is -0.369 e. The summed E-state index contributed by atoms with van der Waals surface area (Å²) >= 11 is 0. The Morgan fingerprint density at radius 1 is 1.52 bits per heavy atom. The highest BCUT2D eigenvalue weighted by atomic mass is 16.6. The number of anilines is 1. The van der Waals surface area contributed by atoms with Crippen LogP contribution >= 0.6 is 0 Å². The first-order valence-corrected chi connectivity index (χ1v) is 7.29. The normalized spacial score (nSPS) is 22.1. The van der Waals surface area contributed by atoms with Gasteiger partial charge in [0.1, 0.15) is 5.56 Å². The molecule has 0 bridgehead atoms. The maximum Gasteiger partial charge on any atom is 0.282 e. The minimum absolute atomic E-state index is 0.0256. The van der Waals surface area contributed by atoms with Crippen LogP contribution in [0.4, 0.5) is 11.4 Å². The Hall–Kier alpha value is -2.11. The van der Waals surface area contributed by atoms with E-state index in [1.54, 1.807) is 12.1 Å². The van der Waals surface area contributed by atoms with Gasteiger partial charge in [-0.15, -0.1) is 0 Å². The lowest BCUT2D eigenvalue weighted by Gasteiger charge is -2.39. The van der Waals surface area contributed by atoms with Crippen LogP contribution in [0.1, 0.15) is 43.5 Å². The highest BCUT2D eigenvalue weighted by Gasteiger charge is 2.26. The molecule has 2 atom stereocenters. The van der Waals surface area contributed by atoms with Crippen LogP contribution in [0, 0.1) is 16.0 Å². The van der Waals surface area contributed by atoms with E-state index in [9.17, 15) is 14.9 Å². The van der Waals surface area contributed by atoms with Crippen LogP contribution in [0.25, 0.3) is 0 Å². The van der Waals surface area contributed by atoms with Crippen molar-refractivity contribution >= 4 is 17.3 Å². The second-order valence-corrected chi connectivity index (χ2v) is 5.66. The van der Waals surface area contributed by atoms with Crippen molar-refractivity contribution in [3.8, 4) is 0 Å². The van der Waals surface area contributed by atoms with Crippen LogP contribution < -0.4 is 10.6 Å². The molecule has 0 radical (unpaired) electrons. The molecule has 2 N–H and O–H groups in total. The van der Waals surface area contributed by atoms with Gasteiger partial charge in [-0.25, -0.2) is 0 Å². The maximum atomic E-state index is 11.4. The monoisotopic (exact) mass is 291 g/mol. The summed E-state index contributed by atoms with van der Waals surface area (Å²) < 4.78 is 0. The minimum atomic E-state index is -0.764. The number of hydrogen-bond acceptors (Lipinski definition) is 4. The number of nitro benzene ring substituents is 1. The van der Waals surface area contributed by atoms with Crippen molar-refractivity contribution in [3.63, 3.8) is 0 Å². The second kappa shape index (κ2) is 6.11. The number of nitrogens with two attached hydrogens (primary N) is 1. The van der Waals surface area contributed by atoms with Gasteiger partial charge in [-0.05, 0) is 37.8 Å². The Bertz CT molecular complexity index is 559. The number of nitro groups is 1. The first kappa shape index (κ1) is 15.3. The van der Waals surface area contributed by atoms with Crippen LogP contribution in [0.3, 0.4) is 0 Å². The molecule has 1 heterocycles. The number of amides is 1. The summed E-state index contributed by atoms with van der Waals surface area (Å²) in [5.41, 5.74) is 5.84. The van der Waals surface area contributed by atoms with E-state index in [0.717, 1.165) is 31.0 Å². The lowest BCUT2D eigenvalue weighted by molar-refractivity contribution is -0.385. The second-order valence-electron chi connectivity index (χ2n) is 5.66. The number of nitrogens with zero attached hydrogens (tertiary/aromatic N) is 2. The highest BCUT2D eigenvalue weighted by molar-refractivity contribution is 5.98. The van der Waals surface area contributed by atoms with Gasteiger partial charge in [0.2, 0.25) is 0 Å². The van der Waals surface area contributed by atoms with Crippen molar-refractivity contribution in [2.24, 2.45) is 11.7 Å². The molecule has 21 heavy (non-hydrogen) atoms. The third-order valence-corrected chi connectivity index (χ3v) is 4.34. The Morgan fingerprint density at radius 2 is 2.24 bits per heavy atom. The zero-order chi connectivity index (χ0) is 15.6. The molecule has 1 saturated heterocycles. The average molecular weight is 291 g/mol. The molecule has 1 amide bonds. The van der Waals surface area contributed by atoms with Crippen molar-refractivity contribution in [1.29, 1.82) is 0 Å². The molecule has 6 heteroatoms. The predicted molar refractivity (Wildman–Crippen MR) is 81.4 cm³/mol. The van der Waals surface area contributed by atoms with E-state index in [1.165, 1.54) is 12.5 Å². The van der Waals surface area contributed by atoms with Crippen molar-refractivity contribution < 1.29 is 9.72 Å². The first-order valence-electron chi connectivity index (χ1n) is 7.29. The van der Waals surface area contributed by atoms with Crippen molar-refractivity contribution in [2.75, 3.05) is 11.4 Å². The fourth-order valence-electron chi connectivity index (χ4n) is 3.08. The standard InChI is InChI=1S/C15H21N3O3/c1-3-11-6-7-17(10(2)8-11)12-4-5-14(18(20)21)13(9-12)15(16)19/h4-5,9-11H,3,6-8H2,1-2H3,(H2,16,19)/t10-,11?/m0/s1. The van der Waals surface area contributed by atoms with Gasteiger partial charge in [-0.3, -0.25) is 14.9 Å². The maximum absolute atomic E-state index is 11.4. The van der Waals surface area contributed by atoms with E-state index in [0.29, 0.717) is 6.04 Å². The zero-order valence-electron chi connectivity index (χ0n) is 12.4. The van der Waals surface area contributed by atoms with Crippen LogP contribution in [0.5, 0.6) is 0 Å². The van der Waals surface area contributed by atoms with Gasteiger partial charge in [0.25, 0.3) is 11.6 Å². The van der Waals surface area contributed by atoms with Crippen molar-refractivity contribution in [2.45, 2.75) is 39.2 Å². The fraction of sp³-hybridized carbons (Fsp3) is 0.533. The van der Waals surface area contributed by atoms with E-state index < -0.39 is 10.8 Å². The summed E-state index contributed by atoms with van der Waals surface area (Å²) in [6.07, 6.45) is 3.37. The largest absolute Gasteiger partial charge is 0.369 e. The van der Waals surface area contributed by atoms with Crippen molar-refractivity contribution in [3.05, 3.63) is 33.9 Å². The Morgan fingerprint density at radius 3 is 2.76 bits per heavy atom. The lowest BCUT2D eigenvalue weighted by atomic mass is 9.89. The average Bonchev–Trinajstić information content (AvgIpc) is 2.46. The van der Waals surface area contributed by atoms with E-state index in [-0.39, 0.29) is 11.3 Å². The highest BCUT2D eigenvalue weighted by Crippen LogP contribution is 2.32. The summed E-state index contributed by atoms with van der Waals surface area (Å²) in [5, 5.41) is 10.9. The Kier molecular flexibility index (Phi) is 4.45. The molecule has 1 fully saturated rings. The van der Waals surface area contributed by atoms with Gasteiger partial charge in [0, 0.05) is 24.3 Å². The van der Waals surface area contributed by atoms with Crippen molar-refractivity contribution in [1.82, 2.24) is 0 Å². The number of hydrogen-bond donors (Lipinski definition) is 1. The first-order chi connectivity index (χ1) is 9.93. The van der Waals surface area contributed by atoms with E-state index >= 15 is 0 Å². The van der Waals surface area contributed by atoms with Gasteiger partial charge in [0.05, 0.1) is 4.92 Å². The fourth-order valence-corrected chi connectivity index (χ4v) is 3.08. The molecule has 0 saturated carbocycles. The molecule has 1 aliphatic rings. The SMILES string of the molecule is CCC1CCN(c2ccc([N+](=O)[O-])c(C(N)=O)c2)[C@@H](C)C1. The number of piperidine rings is 1. The number of carbonyl (C=O) groups is 1. The van der Waals surface area contributed by atoms with Gasteiger partial charge in [-0.2, -0.15) is 0 Å². The Labute approximate surface area is 124 Å². The number of rotatable bonds is 4. The molecule has 1 aliphatic heterocycles. The van der Waals surface area contributed by atoms with Gasteiger partial charge in [0.15, 0.2) is 0 Å². The van der Waals surface area contributed by atoms with Crippen LogP contribution in [-0.4, -0.2) is 23.4 Å². The molecule has 1 unspecified atom stereocenters. The topological polar surface area (TPSA) is 89.5 Å². The molecule has 0 aliphatic carbocycles. The molecule has 6 nitrogen and oxygen atoms in total. The van der Waals surface area contributed by atoms with E-state index in [1.807, 2.05) is 0 Å². The molecular formula is C15H21N3O3. The summed E-state index contributed by atoms with van der Waals surface area (Å²) in [5.74, 6) is -0.0374. The summed E-state index contributed by atoms with van der Waals surface area (Å²) in [7, 11) is 0. The predicted octanol–water partition coefficient (Wildman–Crippen LogP) is 2.71. The molecule has 1 aromatic carbocycles. The zero-order valence-corrected chi connectivity index (χ0v) is 12.4.